The van der Waals surface area contributed by atoms with Crippen LogP contribution in [0.1, 0.15) is 36.2 Å². The van der Waals surface area contributed by atoms with Crippen LogP contribution in [-0.4, -0.2) is 15.7 Å². The van der Waals surface area contributed by atoms with Gasteiger partial charge in [0.25, 0.3) is 0 Å². The first kappa shape index (κ1) is 15.3. The van der Waals surface area contributed by atoms with Gasteiger partial charge >= 0.3 is 0 Å². The Balaban J connectivity index is 1.77. The third kappa shape index (κ3) is 3.09. The molecule has 1 aliphatic carbocycles. The number of aromatic nitrogens is 2. The fourth-order valence-electron chi connectivity index (χ4n) is 2.69. The minimum Gasteiger partial charge on any atom is -0.323 e. The van der Waals surface area contributed by atoms with Crippen LogP contribution in [0.5, 0.6) is 0 Å². The van der Waals surface area contributed by atoms with Crippen molar-refractivity contribution in [2.24, 2.45) is 5.92 Å². The number of nitrogens with zero attached hydrogens (tertiary/aromatic N) is 2. The first-order valence-corrected chi connectivity index (χ1v) is 8.43. The molecule has 1 heterocycles. The fourth-order valence-corrected chi connectivity index (χ4v) is 2.95. The van der Waals surface area contributed by atoms with Crippen molar-refractivity contribution in [1.82, 2.24) is 9.78 Å². The number of hydrogen-bond donors (Lipinski definition) is 1. The van der Waals surface area contributed by atoms with Crippen LogP contribution in [0.3, 0.4) is 0 Å². The molecule has 22 heavy (non-hydrogen) atoms. The maximum Gasteiger partial charge on any atom is 0.227 e. The highest BCUT2D eigenvalue weighted by molar-refractivity contribution is 9.10. The van der Waals surface area contributed by atoms with Crippen LogP contribution in [0.2, 0.25) is 0 Å². The summed E-state index contributed by atoms with van der Waals surface area (Å²) in [6, 6.07) is 8.21. The van der Waals surface area contributed by atoms with Crippen LogP contribution >= 0.6 is 15.9 Å². The molecule has 1 aromatic heterocycles. The van der Waals surface area contributed by atoms with Crippen molar-refractivity contribution in [3.63, 3.8) is 0 Å². The third-order valence-corrected chi connectivity index (χ3v) is 4.88. The van der Waals surface area contributed by atoms with Crippen molar-refractivity contribution in [1.29, 1.82) is 0 Å². The molecule has 116 valence electrons. The van der Waals surface area contributed by atoms with E-state index in [9.17, 15) is 4.79 Å². The number of carbonyl (C=O) groups excluding carboxylic acids is 1. The SMILES string of the molecule is Cc1nn(Cc2ccc(Br)cc2)c(C)c1NC(=O)C1CCC1. The van der Waals surface area contributed by atoms with Gasteiger partial charge in [0, 0.05) is 10.4 Å². The predicted octanol–water partition coefficient (Wildman–Crippen LogP) is 4.05. The van der Waals surface area contributed by atoms with Crippen molar-refractivity contribution < 1.29 is 4.79 Å². The smallest absolute Gasteiger partial charge is 0.227 e. The van der Waals surface area contributed by atoms with Crippen molar-refractivity contribution in [2.45, 2.75) is 39.7 Å². The molecule has 1 aromatic carbocycles. The second-order valence-electron chi connectivity index (χ2n) is 5.95. The molecule has 1 fully saturated rings. The summed E-state index contributed by atoms with van der Waals surface area (Å²) in [4.78, 5) is 12.2. The Hall–Kier alpha value is -1.62. The zero-order valence-electron chi connectivity index (χ0n) is 12.9. The fraction of sp³-hybridized carbons (Fsp3) is 0.412. The van der Waals surface area contributed by atoms with E-state index in [-0.39, 0.29) is 11.8 Å². The van der Waals surface area contributed by atoms with Gasteiger partial charge in [-0.1, -0.05) is 34.5 Å². The number of rotatable bonds is 4. The van der Waals surface area contributed by atoms with E-state index >= 15 is 0 Å². The Kier molecular flexibility index (Phi) is 4.34. The van der Waals surface area contributed by atoms with Crippen molar-refractivity contribution in [3.05, 3.63) is 45.7 Å². The Morgan fingerprint density at radius 1 is 1.32 bits per heavy atom. The van der Waals surface area contributed by atoms with E-state index in [1.807, 2.05) is 30.7 Å². The van der Waals surface area contributed by atoms with E-state index in [1.54, 1.807) is 0 Å². The lowest BCUT2D eigenvalue weighted by Crippen LogP contribution is -2.28. The quantitative estimate of drug-likeness (QED) is 0.892. The standard InChI is InChI=1S/C17H20BrN3O/c1-11-16(19-17(22)14-4-3-5-14)12(2)21(20-11)10-13-6-8-15(18)9-7-13/h6-9,14H,3-5,10H2,1-2H3,(H,19,22). The van der Waals surface area contributed by atoms with Crippen LogP contribution in [-0.2, 0) is 11.3 Å². The Morgan fingerprint density at radius 3 is 2.59 bits per heavy atom. The van der Waals surface area contributed by atoms with Crippen molar-refractivity contribution in [2.75, 3.05) is 5.32 Å². The van der Waals surface area contributed by atoms with Gasteiger partial charge in [-0.3, -0.25) is 9.48 Å². The molecule has 4 nitrogen and oxygen atoms in total. The zero-order valence-corrected chi connectivity index (χ0v) is 14.5. The lowest BCUT2D eigenvalue weighted by molar-refractivity contribution is -0.122. The number of amides is 1. The second-order valence-corrected chi connectivity index (χ2v) is 6.86. The minimum atomic E-state index is 0.139. The average Bonchev–Trinajstić information content (AvgIpc) is 2.67. The molecule has 0 atom stereocenters. The van der Waals surface area contributed by atoms with E-state index in [0.29, 0.717) is 6.54 Å². The van der Waals surface area contributed by atoms with E-state index in [2.05, 4.69) is 38.5 Å². The summed E-state index contributed by atoms with van der Waals surface area (Å²) in [5, 5.41) is 7.64. The number of nitrogens with one attached hydrogen (secondary N) is 1. The zero-order chi connectivity index (χ0) is 15.7. The normalized spacial score (nSPS) is 14.7. The molecule has 0 aliphatic heterocycles. The first-order chi connectivity index (χ1) is 10.5. The van der Waals surface area contributed by atoms with Gasteiger partial charge in [-0.25, -0.2) is 0 Å². The summed E-state index contributed by atoms with van der Waals surface area (Å²) in [5.41, 5.74) is 3.94. The maximum atomic E-state index is 12.2. The molecule has 0 bridgehead atoms. The molecule has 1 saturated carbocycles. The first-order valence-electron chi connectivity index (χ1n) is 7.64. The largest absolute Gasteiger partial charge is 0.323 e. The molecule has 1 amide bonds. The topological polar surface area (TPSA) is 46.9 Å². The van der Waals surface area contributed by atoms with Crippen LogP contribution in [0, 0.1) is 19.8 Å². The van der Waals surface area contributed by atoms with Crippen molar-refractivity contribution in [3.8, 4) is 0 Å². The van der Waals surface area contributed by atoms with Gasteiger partial charge in [0.15, 0.2) is 0 Å². The summed E-state index contributed by atoms with van der Waals surface area (Å²) in [7, 11) is 0. The lowest BCUT2D eigenvalue weighted by Gasteiger charge is -2.24. The van der Waals surface area contributed by atoms with Gasteiger partial charge < -0.3 is 5.32 Å². The van der Waals surface area contributed by atoms with Crippen LogP contribution in [0.4, 0.5) is 5.69 Å². The summed E-state index contributed by atoms with van der Waals surface area (Å²) in [6.45, 7) is 4.66. The highest BCUT2D eigenvalue weighted by Crippen LogP contribution is 2.29. The number of benzene rings is 1. The number of anilines is 1. The van der Waals surface area contributed by atoms with Gasteiger partial charge in [-0.15, -0.1) is 0 Å². The number of hydrogen-bond acceptors (Lipinski definition) is 2. The summed E-state index contributed by atoms with van der Waals surface area (Å²) in [5.74, 6) is 0.328. The van der Waals surface area contributed by atoms with Gasteiger partial charge in [-0.2, -0.15) is 5.10 Å². The molecular formula is C17H20BrN3O. The van der Waals surface area contributed by atoms with Crippen molar-refractivity contribution >= 4 is 27.5 Å². The Morgan fingerprint density at radius 2 is 2.00 bits per heavy atom. The Bertz CT molecular complexity index is 687. The summed E-state index contributed by atoms with van der Waals surface area (Å²) in [6.07, 6.45) is 3.19. The molecule has 0 spiro atoms. The molecule has 1 aliphatic rings. The van der Waals surface area contributed by atoms with E-state index < -0.39 is 0 Å². The monoisotopic (exact) mass is 361 g/mol. The lowest BCUT2D eigenvalue weighted by atomic mass is 9.85. The minimum absolute atomic E-state index is 0.139. The Labute approximate surface area is 139 Å². The van der Waals surface area contributed by atoms with Crippen LogP contribution < -0.4 is 5.32 Å². The van der Waals surface area contributed by atoms with E-state index in [1.165, 1.54) is 12.0 Å². The molecule has 3 rings (SSSR count). The maximum absolute atomic E-state index is 12.2. The summed E-state index contributed by atoms with van der Waals surface area (Å²) >= 11 is 3.44. The third-order valence-electron chi connectivity index (χ3n) is 4.35. The molecule has 0 radical (unpaired) electrons. The molecule has 5 heteroatoms. The summed E-state index contributed by atoms with van der Waals surface area (Å²) < 4.78 is 3.02. The molecule has 0 unspecified atom stereocenters. The second kappa shape index (κ2) is 6.24. The molecule has 2 aromatic rings. The highest BCUT2D eigenvalue weighted by Gasteiger charge is 2.26. The molecule has 1 N–H and O–H groups in total. The number of carbonyl (C=O) groups is 1. The number of aryl methyl sites for hydroxylation is 1. The average molecular weight is 362 g/mol. The van der Waals surface area contributed by atoms with Crippen LogP contribution in [0.15, 0.2) is 28.7 Å². The number of halogens is 1. The highest BCUT2D eigenvalue weighted by atomic mass is 79.9. The predicted molar refractivity (Wildman–Crippen MR) is 90.9 cm³/mol. The van der Waals surface area contributed by atoms with Gasteiger partial charge in [0.05, 0.1) is 23.6 Å². The van der Waals surface area contributed by atoms with Gasteiger partial charge in [-0.05, 0) is 44.4 Å². The van der Waals surface area contributed by atoms with E-state index in [4.69, 9.17) is 0 Å². The molecule has 0 saturated heterocycles. The van der Waals surface area contributed by atoms with Gasteiger partial charge in [0.2, 0.25) is 5.91 Å². The van der Waals surface area contributed by atoms with E-state index in [0.717, 1.165) is 34.4 Å². The van der Waals surface area contributed by atoms with Crippen LogP contribution in [0.25, 0.3) is 0 Å². The van der Waals surface area contributed by atoms with Gasteiger partial charge in [0.1, 0.15) is 0 Å². The molecular weight excluding hydrogens is 342 g/mol.